The summed E-state index contributed by atoms with van der Waals surface area (Å²) in [6.07, 6.45) is 7.64. The summed E-state index contributed by atoms with van der Waals surface area (Å²) in [5.41, 5.74) is -0.429. The number of ether oxygens (including phenoxy) is 1. The molecule has 0 aliphatic heterocycles. The number of amides is 1. The molecule has 0 heterocycles. The van der Waals surface area contributed by atoms with Crippen LogP contribution >= 0.6 is 0 Å². The van der Waals surface area contributed by atoms with Gasteiger partial charge in [0.05, 0.1) is 0 Å². The highest BCUT2D eigenvalue weighted by molar-refractivity contribution is 6.74. The highest BCUT2D eigenvalue weighted by Gasteiger charge is 2.36. The molecule has 0 aliphatic rings. The van der Waals surface area contributed by atoms with Gasteiger partial charge in [-0.05, 0) is 58.2 Å². The standard InChI is InChI=1S/C22H47NO3Si/c1-10-11-14-17-23(20(24)26-21(2,3)4)18-15-12-13-16-19-25-27(8,9)22(5,6)7/h10-19H2,1-9H3. The predicted molar refractivity (Wildman–Crippen MR) is 119 cm³/mol. The van der Waals surface area contributed by atoms with Crippen LogP contribution in [0.15, 0.2) is 0 Å². The molecule has 0 fully saturated rings. The Morgan fingerprint density at radius 2 is 1.37 bits per heavy atom. The number of nitrogens with zero attached hydrogens (tertiary/aromatic N) is 1. The number of hydrogen-bond donors (Lipinski definition) is 0. The van der Waals surface area contributed by atoms with Crippen LogP contribution in [0.4, 0.5) is 4.79 Å². The summed E-state index contributed by atoms with van der Waals surface area (Å²) in [5, 5.41) is 0.277. The SMILES string of the molecule is CCCCCN(CCCCCCO[Si](C)(C)C(C)(C)C)C(=O)OC(C)(C)C. The molecule has 5 heteroatoms. The van der Waals surface area contributed by atoms with Gasteiger partial charge in [0.25, 0.3) is 0 Å². The topological polar surface area (TPSA) is 38.8 Å². The van der Waals surface area contributed by atoms with Gasteiger partial charge in [-0.3, -0.25) is 0 Å². The van der Waals surface area contributed by atoms with Crippen molar-refractivity contribution in [1.29, 1.82) is 0 Å². The quantitative estimate of drug-likeness (QED) is 0.261. The Bertz CT molecular complexity index is 411. The van der Waals surface area contributed by atoms with Gasteiger partial charge in [0, 0.05) is 19.7 Å². The Labute approximate surface area is 170 Å². The lowest BCUT2D eigenvalue weighted by Gasteiger charge is -2.36. The third-order valence-electron chi connectivity index (χ3n) is 5.27. The molecule has 0 rings (SSSR count). The molecule has 0 spiro atoms. The minimum atomic E-state index is -1.62. The summed E-state index contributed by atoms with van der Waals surface area (Å²) in [5.74, 6) is 0. The fourth-order valence-corrected chi connectivity index (χ4v) is 3.56. The van der Waals surface area contributed by atoms with E-state index >= 15 is 0 Å². The first-order valence-electron chi connectivity index (χ1n) is 10.9. The highest BCUT2D eigenvalue weighted by Crippen LogP contribution is 2.36. The van der Waals surface area contributed by atoms with Crippen molar-refractivity contribution in [2.75, 3.05) is 19.7 Å². The molecule has 0 aliphatic carbocycles. The molecule has 0 bridgehead atoms. The maximum Gasteiger partial charge on any atom is 0.410 e. The van der Waals surface area contributed by atoms with Crippen LogP contribution in [-0.4, -0.2) is 44.6 Å². The van der Waals surface area contributed by atoms with Crippen molar-refractivity contribution in [3.05, 3.63) is 0 Å². The number of unbranched alkanes of at least 4 members (excludes halogenated alkanes) is 5. The Kier molecular flexibility index (Phi) is 11.9. The van der Waals surface area contributed by atoms with Crippen LogP contribution < -0.4 is 0 Å². The summed E-state index contributed by atoms with van der Waals surface area (Å²) >= 11 is 0. The highest BCUT2D eigenvalue weighted by atomic mass is 28.4. The molecular weight excluding hydrogens is 354 g/mol. The maximum atomic E-state index is 12.4. The van der Waals surface area contributed by atoms with Gasteiger partial charge < -0.3 is 14.1 Å². The Morgan fingerprint density at radius 3 is 1.85 bits per heavy atom. The molecule has 0 aromatic rings. The van der Waals surface area contributed by atoms with E-state index in [2.05, 4.69) is 40.8 Å². The molecule has 0 N–H and O–H groups in total. The molecule has 0 unspecified atom stereocenters. The summed E-state index contributed by atoms with van der Waals surface area (Å²) in [6, 6.07) is 0. The summed E-state index contributed by atoms with van der Waals surface area (Å²) < 4.78 is 11.8. The normalized spacial score (nSPS) is 12.9. The van der Waals surface area contributed by atoms with Gasteiger partial charge >= 0.3 is 6.09 Å². The van der Waals surface area contributed by atoms with Crippen molar-refractivity contribution in [1.82, 2.24) is 4.90 Å². The van der Waals surface area contributed by atoms with E-state index < -0.39 is 13.9 Å². The summed E-state index contributed by atoms with van der Waals surface area (Å²) in [4.78, 5) is 14.3. The fourth-order valence-electron chi connectivity index (χ4n) is 2.48. The molecule has 0 aromatic heterocycles. The van der Waals surface area contributed by atoms with Crippen LogP contribution in [0.1, 0.15) is 93.4 Å². The van der Waals surface area contributed by atoms with Crippen molar-refractivity contribution >= 4 is 14.4 Å². The first-order valence-corrected chi connectivity index (χ1v) is 13.8. The molecule has 1 amide bonds. The molecule has 27 heavy (non-hydrogen) atoms. The lowest BCUT2D eigenvalue weighted by Crippen LogP contribution is -2.40. The minimum Gasteiger partial charge on any atom is -0.444 e. The van der Waals surface area contributed by atoms with Crippen LogP contribution in [0.25, 0.3) is 0 Å². The van der Waals surface area contributed by atoms with Gasteiger partial charge in [-0.15, -0.1) is 0 Å². The van der Waals surface area contributed by atoms with Crippen molar-refractivity contribution < 1.29 is 14.0 Å². The zero-order chi connectivity index (χ0) is 21.1. The van der Waals surface area contributed by atoms with Gasteiger partial charge in [0.2, 0.25) is 0 Å². The fraction of sp³-hybridized carbons (Fsp3) is 0.955. The van der Waals surface area contributed by atoms with Crippen LogP contribution in [0, 0.1) is 0 Å². The van der Waals surface area contributed by atoms with Crippen LogP contribution in [0.3, 0.4) is 0 Å². The lowest BCUT2D eigenvalue weighted by atomic mass is 10.2. The number of hydrogen-bond acceptors (Lipinski definition) is 3. The number of carbonyl (C=O) groups excluding carboxylic acids is 1. The second kappa shape index (κ2) is 12.1. The number of rotatable bonds is 12. The molecule has 0 saturated carbocycles. The summed E-state index contributed by atoms with van der Waals surface area (Å²) in [7, 11) is -1.62. The van der Waals surface area contributed by atoms with Crippen LogP contribution in [0.5, 0.6) is 0 Å². The van der Waals surface area contributed by atoms with E-state index in [9.17, 15) is 4.79 Å². The monoisotopic (exact) mass is 401 g/mol. The molecular formula is C22H47NO3Si. The van der Waals surface area contributed by atoms with Gasteiger partial charge in [0.1, 0.15) is 5.60 Å². The molecule has 0 aromatic carbocycles. The van der Waals surface area contributed by atoms with Crippen LogP contribution in [-0.2, 0) is 9.16 Å². The Morgan fingerprint density at radius 1 is 0.852 bits per heavy atom. The van der Waals surface area contributed by atoms with E-state index in [0.717, 1.165) is 64.6 Å². The zero-order valence-electron chi connectivity index (χ0n) is 19.7. The average Bonchev–Trinajstić information content (AvgIpc) is 2.49. The zero-order valence-corrected chi connectivity index (χ0v) is 20.7. The second-order valence-electron chi connectivity index (χ2n) is 10.2. The van der Waals surface area contributed by atoms with E-state index in [0.29, 0.717) is 0 Å². The smallest absolute Gasteiger partial charge is 0.410 e. The average molecular weight is 402 g/mol. The van der Waals surface area contributed by atoms with Crippen molar-refractivity contribution in [3.8, 4) is 0 Å². The van der Waals surface area contributed by atoms with Gasteiger partial charge in [-0.1, -0.05) is 53.4 Å². The van der Waals surface area contributed by atoms with E-state index in [1.54, 1.807) is 0 Å². The van der Waals surface area contributed by atoms with E-state index in [-0.39, 0.29) is 11.1 Å². The lowest BCUT2D eigenvalue weighted by molar-refractivity contribution is 0.0243. The minimum absolute atomic E-state index is 0.167. The summed E-state index contributed by atoms with van der Waals surface area (Å²) in [6.45, 7) is 21.9. The Hall–Kier alpha value is -0.553. The molecule has 162 valence electrons. The van der Waals surface area contributed by atoms with E-state index in [1.165, 1.54) is 0 Å². The predicted octanol–water partition coefficient (Wildman–Crippen LogP) is 7.00. The first-order chi connectivity index (χ1) is 12.3. The number of carbonyl (C=O) groups is 1. The largest absolute Gasteiger partial charge is 0.444 e. The van der Waals surface area contributed by atoms with E-state index in [1.807, 2.05) is 25.7 Å². The molecule has 0 saturated heterocycles. The second-order valence-corrected chi connectivity index (χ2v) is 15.0. The molecule has 0 atom stereocenters. The third-order valence-corrected chi connectivity index (χ3v) is 9.81. The molecule has 0 radical (unpaired) electrons. The van der Waals surface area contributed by atoms with Crippen molar-refractivity contribution in [2.24, 2.45) is 0 Å². The van der Waals surface area contributed by atoms with Gasteiger partial charge in [-0.25, -0.2) is 4.79 Å². The third kappa shape index (κ3) is 12.5. The van der Waals surface area contributed by atoms with Gasteiger partial charge in [0.15, 0.2) is 8.32 Å². The maximum absolute atomic E-state index is 12.4. The first kappa shape index (κ1) is 26.4. The van der Waals surface area contributed by atoms with Crippen LogP contribution in [0.2, 0.25) is 18.1 Å². The van der Waals surface area contributed by atoms with Crippen molar-refractivity contribution in [3.63, 3.8) is 0 Å². The van der Waals surface area contributed by atoms with Crippen molar-refractivity contribution in [2.45, 2.75) is 117 Å². The van der Waals surface area contributed by atoms with E-state index in [4.69, 9.17) is 9.16 Å². The Balaban J connectivity index is 4.16. The van der Waals surface area contributed by atoms with Gasteiger partial charge in [-0.2, -0.15) is 0 Å². The molecule has 4 nitrogen and oxygen atoms in total.